The van der Waals surface area contributed by atoms with Gasteiger partial charge in [-0.3, -0.25) is 10.2 Å². The Morgan fingerprint density at radius 2 is 1.94 bits per heavy atom. The summed E-state index contributed by atoms with van der Waals surface area (Å²) in [5, 5.41) is 9.81. The van der Waals surface area contributed by atoms with Crippen molar-refractivity contribution in [1.29, 1.82) is 0 Å². The molecule has 1 amide bonds. The summed E-state index contributed by atoms with van der Waals surface area (Å²) in [5.41, 5.74) is 4.58. The van der Waals surface area contributed by atoms with E-state index >= 15 is 0 Å². The number of carbonyl (C=O) groups is 1. The average molecular weight is 236 g/mol. The highest BCUT2D eigenvalue weighted by atomic mass is 16.3. The Hall–Kier alpha value is -1.39. The Morgan fingerprint density at radius 3 is 2.41 bits per heavy atom. The predicted octanol–water partition coefficient (Wildman–Crippen LogP) is 1.32. The van der Waals surface area contributed by atoms with Gasteiger partial charge in [0.15, 0.2) is 6.10 Å². The minimum absolute atomic E-state index is 0.0281. The van der Waals surface area contributed by atoms with Crippen molar-refractivity contribution in [1.82, 2.24) is 5.43 Å². The number of nitrogens with one attached hydrogen (secondary N) is 1. The molecule has 0 aliphatic heterocycles. The molecule has 0 aromatic heterocycles. The van der Waals surface area contributed by atoms with Gasteiger partial charge in [0.05, 0.1) is 0 Å². The van der Waals surface area contributed by atoms with Gasteiger partial charge in [-0.05, 0) is 23.5 Å². The summed E-state index contributed by atoms with van der Waals surface area (Å²) in [6.07, 6.45) is -1.22. The number of nitrogens with two attached hydrogens (primary N) is 1. The zero-order valence-corrected chi connectivity index (χ0v) is 10.7. The van der Waals surface area contributed by atoms with Crippen LogP contribution in [0.25, 0.3) is 0 Å². The van der Waals surface area contributed by atoms with Gasteiger partial charge in [-0.15, -0.1) is 0 Å². The topological polar surface area (TPSA) is 75.3 Å². The molecule has 0 spiro atoms. The number of aliphatic hydroxyl groups excluding tert-OH is 1. The van der Waals surface area contributed by atoms with Gasteiger partial charge in [0.2, 0.25) is 0 Å². The first-order chi connectivity index (χ1) is 7.75. The SMILES string of the molecule is Cc1cc(C(O)C(=O)NN)cc(C(C)(C)C)c1. The number of rotatable bonds is 2. The second-order valence-electron chi connectivity index (χ2n) is 5.29. The molecule has 0 saturated heterocycles. The number of carbonyl (C=O) groups excluding carboxylic acids is 1. The molecule has 0 aliphatic carbocycles. The van der Waals surface area contributed by atoms with E-state index in [0.29, 0.717) is 5.56 Å². The van der Waals surface area contributed by atoms with E-state index in [4.69, 9.17) is 5.84 Å². The standard InChI is InChI=1S/C13H20N2O2/c1-8-5-9(11(16)12(17)15-14)7-10(6-8)13(2,3)4/h5-7,11,16H,14H2,1-4H3,(H,15,17). The van der Waals surface area contributed by atoms with Crippen molar-refractivity contribution in [3.05, 3.63) is 34.9 Å². The van der Waals surface area contributed by atoms with Crippen molar-refractivity contribution < 1.29 is 9.90 Å². The Balaban J connectivity index is 3.18. The minimum Gasteiger partial charge on any atom is -0.378 e. The van der Waals surface area contributed by atoms with Crippen LogP contribution in [0.15, 0.2) is 18.2 Å². The smallest absolute Gasteiger partial charge is 0.267 e. The maximum atomic E-state index is 11.3. The van der Waals surface area contributed by atoms with E-state index in [9.17, 15) is 9.90 Å². The van der Waals surface area contributed by atoms with Crippen molar-refractivity contribution in [2.45, 2.75) is 39.2 Å². The third kappa shape index (κ3) is 3.28. The average Bonchev–Trinajstić information content (AvgIpc) is 2.25. The highest BCUT2D eigenvalue weighted by molar-refractivity contribution is 5.81. The minimum atomic E-state index is -1.22. The molecule has 1 unspecified atom stereocenters. The van der Waals surface area contributed by atoms with E-state index in [0.717, 1.165) is 11.1 Å². The lowest BCUT2D eigenvalue weighted by molar-refractivity contribution is -0.129. The number of hydrogen-bond donors (Lipinski definition) is 3. The predicted molar refractivity (Wildman–Crippen MR) is 67.2 cm³/mol. The van der Waals surface area contributed by atoms with Crippen LogP contribution in [0.2, 0.25) is 0 Å². The largest absolute Gasteiger partial charge is 0.378 e. The van der Waals surface area contributed by atoms with E-state index in [-0.39, 0.29) is 5.41 Å². The van der Waals surface area contributed by atoms with Gasteiger partial charge in [-0.1, -0.05) is 44.5 Å². The first-order valence-corrected chi connectivity index (χ1v) is 5.56. The Bertz CT molecular complexity index is 422. The number of aliphatic hydroxyl groups is 1. The summed E-state index contributed by atoms with van der Waals surface area (Å²) >= 11 is 0. The molecular formula is C13H20N2O2. The van der Waals surface area contributed by atoms with Crippen LogP contribution in [0.3, 0.4) is 0 Å². The first kappa shape index (κ1) is 13.7. The lowest BCUT2D eigenvalue weighted by Crippen LogP contribution is -2.34. The van der Waals surface area contributed by atoms with E-state index in [1.54, 1.807) is 6.07 Å². The fourth-order valence-corrected chi connectivity index (χ4v) is 1.63. The van der Waals surface area contributed by atoms with Crippen molar-refractivity contribution in [3.8, 4) is 0 Å². The van der Waals surface area contributed by atoms with Gasteiger partial charge in [0.1, 0.15) is 0 Å². The second kappa shape index (κ2) is 4.85. The number of hydrogen-bond acceptors (Lipinski definition) is 3. The molecule has 1 aromatic carbocycles. The van der Waals surface area contributed by atoms with Crippen LogP contribution in [0, 0.1) is 6.92 Å². The lowest BCUT2D eigenvalue weighted by atomic mass is 9.84. The lowest BCUT2D eigenvalue weighted by Gasteiger charge is -2.21. The normalized spacial score (nSPS) is 13.3. The van der Waals surface area contributed by atoms with Crippen molar-refractivity contribution in [2.75, 3.05) is 0 Å². The summed E-state index contributed by atoms with van der Waals surface area (Å²) in [6, 6.07) is 5.68. The number of amides is 1. The Kier molecular flexibility index (Phi) is 3.91. The molecule has 4 heteroatoms. The third-order valence-electron chi connectivity index (χ3n) is 2.67. The van der Waals surface area contributed by atoms with Gasteiger partial charge in [0, 0.05) is 0 Å². The number of aryl methyl sites for hydroxylation is 1. The molecule has 1 rings (SSSR count). The molecule has 0 bridgehead atoms. The van der Waals surface area contributed by atoms with Crippen LogP contribution in [-0.4, -0.2) is 11.0 Å². The summed E-state index contributed by atoms with van der Waals surface area (Å²) in [7, 11) is 0. The summed E-state index contributed by atoms with van der Waals surface area (Å²) in [6.45, 7) is 8.19. The third-order valence-corrected chi connectivity index (χ3v) is 2.67. The van der Waals surface area contributed by atoms with Crippen LogP contribution >= 0.6 is 0 Å². The second-order valence-corrected chi connectivity index (χ2v) is 5.29. The molecule has 0 radical (unpaired) electrons. The number of hydrazine groups is 1. The van der Waals surface area contributed by atoms with Crippen LogP contribution in [0.5, 0.6) is 0 Å². The molecule has 17 heavy (non-hydrogen) atoms. The fourth-order valence-electron chi connectivity index (χ4n) is 1.63. The molecule has 1 atom stereocenters. The van der Waals surface area contributed by atoms with E-state index < -0.39 is 12.0 Å². The van der Waals surface area contributed by atoms with Crippen LogP contribution in [0.4, 0.5) is 0 Å². The monoisotopic (exact) mass is 236 g/mol. The highest BCUT2D eigenvalue weighted by Gasteiger charge is 2.20. The van der Waals surface area contributed by atoms with Gasteiger partial charge < -0.3 is 5.11 Å². The maximum absolute atomic E-state index is 11.3. The molecule has 0 saturated carbocycles. The van der Waals surface area contributed by atoms with Crippen LogP contribution < -0.4 is 11.3 Å². The summed E-state index contributed by atoms with van der Waals surface area (Å²) in [5.74, 6) is 4.41. The maximum Gasteiger partial charge on any atom is 0.267 e. The fraction of sp³-hybridized carbons (Fsp3) is 0.462. The molecule has 1 aromatic rings. The van der Waals surface area contributed by atoms with Crippen molar-refractivity contribution in [3.63, 3.8) is 0 Å². The van der Waals surface area contributed by atoms with Gasteiger partial charge in [-0.25, -0.2) is 5.84 Å². The Labute approximate surface area is 102 Å². The van der Waals surface area contributed by atoms with Gasteiger partial charge in [0.25, 0.3) is 5.91 Å². The molecular weight excluding hydrogens is 216 g/mol. The van der Waals surface area contributed by atoms with Crippen LogP contribution in [0.1, 0.15) is 43.6 Å². The molecule has 0 heterocycles. The van der Waals surface area contributed by atoms with E-state index in [2.05, 4.69) is 26.8 Å². The molecule has 0 aliphatic rings. The number of benzene rings is 1. The molecule has 94 valence electrons. The van der Waals surface area contributed by atoms with Gasteiger partial charge in [-0.2, -0.15) is 0 Å². The van der Waals surface area contributed by atoms with Crippen LogP contribution in [-0.2, 0) is 10.2 Å². The Morgan fingerprint density at radius 1 is 1.35 bits per heavy atom. The van der Waals surface area contributed by atoms with Crippen molar-refractivity contribution >= 4 is 5.91 Å². The zero-order valence-electron chi connectivity index (χ0n) is 10.7. The van der Waals surface area contributed by atoms with Gasteiger partial charge >= 0.3 is 0 Å². The molecule has 0 fully saturated rings. The van der Waals surface area contributed by atoms with E-state index in [1.165, 1.54) is 0 Å². The molecule has 4 nitrogen and oxygen atoms in total. The zero-order chi connectivity index (χ0) is 13.2. The first-order valence-electron chi connectivity index (χ1n) is 5.56. The highest BCUT2D eigenvalue weighted by Crippen LogP contribution is 2.26. The van der Waals surface area contributed by atoms with Crippen molar-refractivity contribution in [2.24, 2.45) is 5.84 Å². The summed E-state index contributed by atoms with van der Waals surface area (Å²) < 4.78 is 0. The van der Waals surface area contributed by atoms with E-state index in [1.807, 2.05) is 18.4 Å². The molecule has 4 N–H and O–H groups in total. The summed E-state index contributed by atoms with van der Waals surface area (Å²) in [4.78, 5) is 11.3. The quantitative estimate of drug-likeness (QED) is 0.412.